The van der Waals surface area contributed by atoms with Gasteiger partial charge in [-0.1, -0.05) is 59.3 Å². The Balaban J connectivity index is 1.58. The number of aromatic nitrogens is 1. The van der Waals surface area contributed by atoms with Gasteiger partial charge in [-0.15, -0.1) is 0 Å². The van der Waals surface area contributed by atoms with Gasteiger partial charge >= 0.3 is 5.97 Å². The highest BCUT2D eigenvalue weighted by molar-refractivity contribution is 7.07. The van der Waals surface area contributed by atoms with Crippen LogP contribution in [0.3, 0.4) is 0 Å². The summed E-state index contributed by atoms with van der Waals surface area (Å²) in [6, 6.07) is 19.7. The first-order chi connectivity index (χ1) is 21.3. The molecule has 0 unspecified atom stereocenters. The van der Waals surface area contributed by atoms with Gasteiger partial charge in [-0.05, 0) is 75.2 Å². The standard InChI is InChI=1S/C34H33ClN2O6S/c1-5-40-27-16-15-23(19-28(27)41-6-2)31-30(33(39)42-7-3)21(4)36-34-37(31)32(38)29(44-34)18-22-11-10-13-25(17-22)43-20-24-12-8-9-14-26(24)35/h8-19,31H,5-7,20H2,1-4H3/b29-18-/t31-/m0/s1. The zero-order chi connectivity index (χ0) is 31.2. The second kappa shape index (κ2) is 14.0. The largest absolute Gasteiger partial charge is 0.490 e. The van der Waals surface area contributed by atoms with E-state index in [1.807, 2.05) is 74.5 Å². The van der Waals surface area contributed by atoms with Crippen molar-refractivity contribution in [1.82, 2.24) is 4.57 Å². The van der Waals surface area contributed by atoms with Gasteiger partial charge in [0.25, 0.3) is 5.56 Å². The normalized spacial score (nSPS) is 14.6. The maximum atomic E-state index is 14.1. The van der Waals surface area contributed by atoms with Crippen LogP contribution in [0.1, 0.15) is 50.4 Å². The summed E-state index contributed by atoms with van der Waals surface area (Å²) in [6.45, 7) is 8.68. The minimum absolute atomic E-state index is 0.190. The summed E-state index contributed by atoms with van der Waals surface area (Å²) in [4.78, 5) is 32.5. The van der Waals surface area contributed by atoms with Crippen molar-refractivity contribution < 1.29 is 23.7 Å². The second-order valence-corrected chi connectivity index (χ2v) is 11.2. The predicted octanol–water partition coefficient (Wildman–Crippen LogP) is 5.83. The number of carbonyl (C=O) groups excluding carboxylic acids is 1. The molecule has 10 heteroatoms. The van der Waals surface area contributed by atoms with Crippen molar-refractivity contribution >= 4 is 35.0 Å². The third-order valence-corrected chi connectivity index (χ3v) is 8.26. The minimum Gasteiger partial charge on any atom is -0.490 e. The van der Waals surface area contributed by atoms with Gasteiger partial charge < -0.3 is 18.9 Å². The Bertz CT molecular complexity index is 1890. The number of benzene rings is 3. The SMILES string of the molecule is CCOC(=O)C1=C(C)N=c2s/c(=C\c3cccc(OCc4ccccc4Cl)c3)c(=O)n2[C@H]1c1ccc(OCC)c(OCC)c1. The maximum absolute atomic E-state index is 14.1. The van der Waals surface area contributed by atoms with E-state index in [0.717, 1.165) is 11.1 Å². The van der Waals surface area contributed by atoms with Crippen molar-refractivity contribution in [2.45, 2.75) is 40.3 Å². The highest BCUT2D eigenvalue weighted by Crippen LogP contribution is 2.36. The van der Waals surface area contributed by atoms with Gasteiger partial charge in [-0.25, -0.2) is 9.79 Å². The van der Waals surface area contributed by atoms with Crippen molar-refractivity contribution in [3.8, 4) is 17.2 Å². The first-order valence-corrected chi connectivity index (χ1v) is 15.6. The topological polar surface area (TPSA) is 88.4 Å². The minimum atomic E-state index is -0.771. The molecule has 228 valence electrons. The van der Waals surface area contributed by atoms with Crippen molar-refractivity contribution in [1.29, 1.82) is 0 Å². The number of thiazole rings is 1. The number of allylic oxidation sites excluding steroid dienone is 1. The number of hydrogen-bond acceptors (Lipinski definition) is 8. The molecular formula is C34H33ClN2O6S. The third kappa shape index (κ3) is 6.59. The Kier molecular flexibility index (Phi) is 9.87. The summed E-state index contributed by atoms with van der Waals surface area (Å²) in [7, 11) is 0. The number of ether oxygens (including phenoxy) is 4. The van der Waals surface area contributed by atoms with Crippen LogP contribution < -0.4 is 29.1 Å². The fourth-order valence-corrected chi connectivity index (χ4v) is 6.20. The summed E-state index contributed by atoms with van der Waals surface area (Å²) in [5.74, 6) is 1.23. The average molecular weight is 633 g/mol. The molecule has 1 aliphatic rings. The molecular weight excluding hydrogens is 600 g/mol. The number of hydrogen-bond donors (Lipinski definition) is 0. The van der Waals surface area contributed by atoms with Crippen molar-refractivity contribution in [2.24, 2.45) is 4.99 Å². The van der Waals surface area contributed by atoms with E-state index >= 15 is 0 Å². The van der Waals surface area contributed by atoms with E-state index in [1.54, 1.807) is 30.6 Å². The molecule has 0 radical (unpaired) electrons. The third-order valence-electron chi connectivity index (χ3n) is 6.91. The highest BCUT2D eigenvalue weighted by atomic mass is 35.5. The lowest BCUT2D eigenvalue weighted by atomic mass is 9.95. The van der Waals surface area contributed by atoms with Gasteiger partial charge in [0.15, 0.2) is 16.3 Å². The van der Waals surface area contributed by atoms with E-state index in [0.29, 0.717) is 68.3 Å². The molecule has 0 N–H and O–H groups in total. The molecule has 1 atom stereocenters. The Hall–Kier alpha value is -4.34. The lowest BCUT2D eigenvalue weighted by Crippen LogP contribution is -2.40. The molecule has 44 heavy (non-hydrogen) atoms. The van der Waals surface area contributed by atoms with Crippen LogP contribution in [-0.4, -0.2) is 30.4 Å². The van der Waals surface area contributed by atoms with E-state index in [2.05, 4.69) is 4.99 Å². The zero-order valence-corrected chi connectivity index (χ0v) is 26.5. The van der Waals surface area contributed by atoms with Crippen LogP contribution >= 0.6 is 22.9 Å². The molecule has 8 nitrogen and oxygen atoms in total. The van der Waals surface area contributed by atoms with E-state index < -0.39 is 12.0 Å². The molecule has 0 saturated heterocycles. The van der Waals surface area contributed by atoms with E-state index in [9.17, 15) is 9.59 Å². The lowest BCUT2D eigenvalue weighted by molar-refractivity contribution is -0.139. The quantitative estimate of drug-likeness (QED) is 0.193. The molecule has 0 amide bonds. The van der Waals surface area contributed by atoms with Gasteiger partial charge in [-0.2, -0.15) is 0 Å². The van der Waals surface area contributed by atoms with E-state index in [-0.39, 0.29) is 12.2 Å². The van der Waals surface area contributed by atoms with Crippen molar-refractivity contribution in [3.05, 3.63) is 119 Å². The summed E-state index contributed by atoms with van der Waals surface area (Å²) in [5, 5.41) is 0.637. The summed E-state index contributed by atoms with van der Waals surface area (Å²) < 4.78 is 25.1. The van der Waals surface area contributed by atoms with Gasteiger partial charge in [-0.3, -0.25) is 9.36 Å². The molecule has 5 rings (SSSR count). The number of esters is 1. The van der Waals surface area contributed by atoms with Crippen LogP contribution in [0.2, 0.25) is 5.02 Å². The molecule has 4 aromatic rings. The van der Waals surface area contributed by atoms with E-state index in [4.69, 9.17) is 30.5 Å². The molecule has 0 bridgehead atoms. The second-order valence-electron chi connectivity index (χ2n) is 9.83. The van der Waals surface area contributed by atoms with Crippen LogP contribution in [0.15, 0.2) is 87.8 Å². The molecule has 1 aliphatic heterocycles. The smallest absolute Gasteiger partial charge is 0.338 e. The first-order valence-electron chi connectivity index (χ1n) is 14.4. The predicted molar refractivity (Wildman–Crippen MR) is 171 cm³/mol. The molecule has 3 aromatic carbocycles. The Labute approximate surface area is 264 Å². The first kappa shape index (κ1) is 31.1. The van der Waals surface area contributed by atoms with Crippen molar-refractivity contribution in [2.75, 3.05) is 19.8 Å². The monoisotopic (exact) mass is 632 g/mol. The fourth-order valence-electron chi connectivity index (χ4n) is 4.97. The molecule has 1 aromatic heterocycles. The molecule has 0 aliphatic carbocycles. The number of rotatable bonds is 11. The molecule has 0 fully saturated rings. The summed E-state index contributed by atoms with van der Waals surface area (Å²) in [5.41, 5.74) is 2.85. The lowest BCUT2D eigenvalue weighted by Gasteiger charge is -2.25. The molecule has 0 saturated carbocycles. The Morgan fingerprint density at radius 3 is 2.48 bits per heavy atom. The number of carbonyl (C=O) groups is 1. The summed E-state index contributed by atoms with van der Waals surface area (Å²) >= 11 is 7.54. The maximum Gasteiger partial charge on any atom is 0.338 e. The Morgan fingerprint density at radius 2 is 1.73 bits per heavy atom. The zero-order valence-electron chi connectivity index (χ0n) is 25.0. The van der Waals surface area contributed by atoms with Crippen LogP contribution in [0.5, 0.6) is 17.2 Å². The number of halogens is 1. The van der Waals surface area contributed by atoms with Gasteiger partial charge in [0.1, 0.15) is 12.4 Å². The van der Waals surface area contributed by atoms with Gasteiger partial charge in [0.2, 0.25) is 0 Å². The fraction of sp³-hybridized carbons (Fsp3) is 0.265. The highest BCUT2D eigenvalue weighted by Gasteiger charge is 2.34. The number of fused-ring (bicyclic) bond motifs is 1. The van der Waals surface area contributed by atoms with Gasteiger partial charge in [0, 0.05) is 10.6 Å². The number of nitrogens with zero attached hydrogens (tertiary/aromatic N) is 2. The van der Waals surface area contributed by atoms with Crippen LogP contribution in [-0.2, 0) is 16.1 Å². The van der Waals surface area contributed by atoms with E-state index in [1.165, 1.54) is 11.3 Å². The average Bonchev–Trinajstić information content (AvgIpc) is 3.31. The Morgan fingerprint density at radius 1 is 0.955 bits per heavy atom. The van der Waals surface area contributed by atoms with Crippen molar-refractivity contribution in [3.63, 3.8) is 0 Å². The van der Waals surface area contributed by atoms with Crippen LogP contribution in [0.25, 0.3) is 6.08 Å². The molecule has 0 spiro atoms. The summed E-state index contributed by atoms with van der Waals surface area (Å²) in [6.07, 6.45) is 1.80. The van der Waals surface area contributed by atoms with Crippen LogP contribution in [0, 0.1) is 0 Å². The molecule has 2 heterocycles. The van der Waals surface area contributed by atoms with Crippen LogP contribution in [0.4, 0.5) is 0 Å². The van der Waals surface area contributed by atoms with Gasteiger partial charge in [0.05, 0.1) is 41.7 Å².